The molecule has 0 spiro atoms. The summed E-state index contributed by atoms with van der Waals surface area (Å²) < 4.78 is 13.2. The molecule has 1 aliphatic rings. The van der Waals surface area contributed by atoms with E-state index >= 15 is 0 Å². The van der Waals surface area contributed by atoms with E-state index < -0.39 is 5.41 Å². The summed E-state index contributed by atoms with van der Waals surface area (Å²) in [6.07, 6.45) is 7.62. The number of nitrogens with one attached hydrogen (secondary N) is 2. The Balaban J connectivity index is 2.46. The number of piperidine rings is 1. The third-order valence-corrected chi connectivity index (χ3v) is 6.72. The number of rotatable bonds is 10. The zero-order valence-corrected chi connectivity index (χ0v) is 22.5. The van der Waals surface area contributed by atoms with Crippen LogP contribution in [0.15, 0.2) is 64.8 Å². The van der Waals surface area contributed by atoms with Gasteiger partial charge >= 0.3 is 0 Å². The van der Waals surface area contributed by atoms with E-state index in [2.05, 4.69) is 47.3 Å². The van der Waals surface area contributed by atoms with E-state index in [1.54, 1.807) is 0 Å². The molecule has 0 aliphatic carbocycles. The van der Waals surface area contributed by atoms with Crippen molar-refractivity contribution in [1.29, 1.82) is 0 Å². The van der Waals surface area contributed by atoms with Crippen LogP contribution in [0.2, 0.25) is 0 Å². The first-order chi connectivity index (χ1) is 16.5. The monoisotopic (exact) mass is 479 g/mol. The van der Waals surface area contributed by atoms with Gasteiger partial charge in [0.1, 0.15) is 11.6 Å². The Bertz CT molecular complexity index is 1050. The van der Waals surface area contributed by atoms with E-state index in [4.69, 9.17) is 0 Å². The van der Waals surface area contributed by atoms with Crippen LogP contribution in [0.1, 0.15) is 77.5 Å². The topological polar surface area (TPSA) is 53.5 Å². The molecule has 0 bridgehead atoms. The summed E-state index contributed by atoms with van der Waals surface area (Å²) in [5.74, 6) is 0.0277. The van der Waals surface area contributed by atoms with Gasteiger partial charge in [-0.05, 0) is 94.0 Å². The SMILES string of the molecule is C=C(/C=C(N=CCC)\C(C)=C(/C)N/C=C(/C)F)c1ccc(C2(C(=O)C(C)C)CCNCC2)c(C)c1. The van der Waals surface area contributed by atoms with Gasteiger partial charge in [-0.25, -0.2) is 4.39 Å². The Labute approximate surface area is 211 Å². The summed E-state index contributed by atoms with van der Waals surface area (Å²) in [4.78, 5) is 18.0. The lowest BCUT2D eigenvalue weighted by molar-refractivity contribution is -0.128. The van der Waals surface area contributed by atoms with Gasteiger partial charge in [-0.2, -0.15) is 0 Å². The summed E-state index contributed by atoms with van der Waals surface area (Å²) >= 11 is 0. The van der Waals surface area contributed by atoms with E-state index in [1.165, 1.54) is 13.1 Å². The van der Waals surface area contributed by atoms with Crippen LogP contribution in [-0.4, -0.2) is 25.1 Å². The highest BCUT2D eigenvalue weighted by Crippen LogP contribution is 2.39. The molecule has 1 aromatic carbocycles. The van der Waals surface area contributed by atoms with Crippen LogP contribution in [0.5, 0.6) is 0 Å². The van der Waals surface area contributed by atoms with Crippen LogP contribution in [0.4, 0.5) is 4.39 Å². The molecule has 1 aromatic rings. The second-order valence-electron chi connectivity index (χ2n) is 9.78. The van der Waals surface area contributed by atoms with Gasteiger partial charge in [0.25, 0.3) is 0 Å². The first-order valence-electron chi connectivity index (χ1n) is 12.6. The lowest BCUT2D eigenvalue weighted by atomic mass is 9.66. The van der Waals surface area contributed by atoms with E-state index in [1.807, 2.05) is 46.9 Å². The molecule has 2 N–H and O–H groups in total. The van der Waals surface area contributed by atoms with E-state index in [0.29, 0.717) is 5.78 Å². The van der Waals surface area contributed by atoms with Crippen LogP contribution < -0.4 is 10.6 Å². The first kappa shape index (κ1) is 28.4. The smallest absolute Gasteiger partial charge is 0.146 e. The van der Waals surface area contributed by atoms with E-state index in [-0.39, 0.29) is 11.7 Å². The molecule has 0 radical (unpaired) electrons. The number of hydrogen-bond donors (Lipinski definition) is 2. The minimum Gasteiger partial charge on any atom is -0.363 e. The van der Waals surface area contributed by atoms with Crippen LogP contribution in [0.3, 0.4) is 0 Å². The standard InChI is InChI=1S/C30H42FN3O/c1-9-14-33-28(24(7)25(8)34-19-23(6)31)18-21(4)26-10-11-27(22(5)17-26)30(29(35)20(2)3)12-15-32-16-13-30/h10-11,14,17-20,32,34H,4,9,12-13,15-16H2,1-3,5-8H3/b23-19-,25-24+,28-18+,33-14?. The number of allylic oxidation sites excluding steroid dienone is 5. The second-order valence-corrected chi connectivity index (χ2v) is 9.78. The number of Topliss-reactive ketones (excluding diaryl/α,β-unsaturated/α-hetero) is 1. The molecular formula is C30H42FN3O. The van der Waals surface area contributed by atoms with Crippen molar-refractivity contribution < 1.29 is 9.18 Å². The molecule has 1 fully saturated rings. The fourth-order valence-electron chi connectivity index (χ4n) is 4.64. The Hall–Kier alpha value is -2.79. The number of carbonyl (C=O) groups excluding carboxylic acids is 1. The number of nitrogens with zero attached hydrogens (tertiary/aromatic N) is 1. The maximum absolute atomic E-state index is 13.4. The van der Waals surface area contributed by atoms with Gasteiger partial charge in [0, 0.05) is 24.0 Å². The number of ketones is 1. The number of aliphatic imine (C=N–C) groups is 1. The first-order valence-corrected chi connectivity index (χ1v) is 12.6. The molecule has 1 aliphatic heterocycles. The number of halogens is 1. The van der Waals surface area contributed by atoms with Crippen molar-refractivity contribution in [2.75, 3.05) is 13.1 Å². The summed E-state index contributed by atoms with van der Waals surface area (Å²) in [6, 6.07) is 6.32. The Morgan fingerprint density at radius 1 is 1.26 bits per heavy atom. The van der Waals surface area contributed by atoms with Crippen LogP contribution in [0, 0.1) is 12.8 Å². The number of carbonyl (C=O) groups is 1. The summed E-state index contributed by atoms with van der Waals surface area (Å²) in [5.41, 5.74) is 6.15. The van der Waals surface area contributed by atoms with Crippen molar-refractivity contribution in [1.82, 2.24) is 10.6 Å². The lowest BCUT2D eigenvalue weighted by Gasteiger charge is -2.39. The summed E-state index contributed by atoms with van der Waals surface area (Å²) in [6.45, 7) is 19.4. The van der Waals surface area contributed by atoms with Crippen LogP contribution >= 0.6 is 0 Å². The highest BCUT2D eigenvalue weighted by atomic mass is 19.1. The number of aryl methyl sites for hydroxylation is 1. The highest BCUT2D eigenvalue weighted by molar-refractivity contribution is 5.92. The molecular weight excluding hydrogens is 437 g/mol. The Morgan fingerprint density at radius 2 is 1.91 bits per heavy atom. The van der Waals surface area contributed by atoms with Crippen molar-refractivity contribution >= 4 is 17.6 Å². The van der Waals surface area contributed by atoms with Gasteiger partial charge in [0.15, 0.2) is 0 Å². The predicted octanol–water partition coefficient (Wildman–Crippen LogP) is 6.93. The van der Waals surface area contributed by atoms with Gasteiger partial charge in [-0.15, -0.1) is 0 Å². The highest BCUT2D eigenvalue weighted by Gasteiger charge is 2.42. The van der Waals surface area contributed by atoms with Crippen molar-refractivity contribution in [2.45, 2.75) is 73.1 Å². The normalized spacial score (nSPS) is 17.5. The maximum Gasteiger partial charge on any atom is 0.146 e. The molecule has 0 amide bonds. The van der Waals surface area contributed by atoms with Gasteiger partial charge in [-0.1, -0.05) is 45.5 Å². The molecule has 190 valence electrons. The quantitative estimate of drug-likeness (QED) is 0.282. The van der Waals surface area contributed by atoms with Gasteiger partial charge in [-0.3, -0.25) is 9.79 Å². The Kier molecular flexibility index (Phi) is 10.4. The van der Waals surface area contributed by atoms with Crippen molar-refractivity contribution in [3.8, 4) is 0 Å². The number of hydrogen-bond acceptors (Lipinski definition) is 4. The molecule has 1 heterocycles. The summed E-state index contributed by atoms with van der Waals surface area (Å²) in [7, 11) is 0. The van der Waals surface area contributed by atoms with E-state index in [9.17, 15) is 9.18 Å². The molecule has 0 unspecified atom stereocenters. The molecule has 2 rings (SSSR count). The third-order valence-electron chi connectivity index (χ3n) is 6.72. The molecule has 0 saturated carbocycles. The molecule has 1 saturated heterocycles. The average molecular weight is 480 g/mol. The second kappa shape index (κ2) is 12.8. The fourth-order valence-corrected chi connectivity index (χ4v) is 4.64. The van der Waals surface area contributed by atoms with Crippen molar-refractivity contribution in [3.63, 3.8) is 0 Å². The number of benzene rings is 1. The maximum atomic E-state index is 13.4. The lowest BCUT2D eigenvalue weighted by Crippen LogP contribution is -2.47. The molecule has 35 heavy (non-hydrogen) atoms. The minimum atomic E-state index is -0.431. The van der Waals surface area contributed by atoms with Gasteiger partial charge in [0.05, 0.1) is 11.1 Å². The molecule has 5 heteroatoms. The largest absolute Gasteiger partial charge is 0.363 e. The minimum absolute atomic E-state index is 0.00768. The molecule has 4 nitrogen and oxygen atoms in total. The summed E-state index contributed by atoms with van der Waals surface area (Å²) in [5, 5.41) is 6.39. The van der Waals surface area contributed by atoms with Crippen molar-refractivity contribution in [2.24, 2.45) is 10.9 Å². The van der Waals surface area contributed by atoms with E-state index in [0.717, 1.165) is 71.6 Å². The predicted molar refractivity (Wildman–Crippen MR) is 147 cm³/mol. The molecule has 0 atom stereocenters. The zero-order valence-electron chi connectivity index (χ0n) is 22.5. The van der Waals surface area contributed by atoms with Gasteiger partial charge in [0.2, 0.25) is 0 Å². The van der Waals surface area contributed by atoms with Crippen molar-refractivity contribution in [3.05, 3.63) is 76.5 Å². The van der Waals surface area contributed by atoms with Gasteiger partial charge < -0.3 is 10.6 Å². The average Bonchev–Trinajstić information content (AvgIpc) is 2.84. The van der Waals surface area contributed by atoms with Crippen LogP contribution in [0.25, 0.3) is 5.57 Å². The molecule has 0 aromatic heterocycles. The Morgan fingerprint density at radius 3 is 2.46 bits per heavy atom. The van der Waals surface area contributed by atoms with Crippen LogP contribution in [-0.2, 0) is 10.2 Å². The fraction of sp³-hybridized carbons (Fsp3) is 0.467. The third kappa shape index (κ3) is 7.11. The zero-order chi connectivity index (χ0) is 26.2.